The van der Waals surface area contributed by atoms with Crippen molar-refractivity contribution in [2.75, 3.05) is 0 Å². The first-order chi connectivity index (χ1) is 1.41. The average Bonchev–Trinajstić information content (AvgIpc) is 0.918. The Hall–Kier alpha value is 0.739. The van der Waals surface area contributed by atoms with Gasteiger partial charge in [-0.25, -0.2) is 0 Å². The van der Waals surface area contributed by atoms with E-state index in [1.54, 1.807) is 0 Å². The van der Waals surface area contributed by atoms with Crippen LogP contribution in [0.3, 0.4) is 0 Å². The van der Waals surface area contributed by atoms with E-state index in [1.807, 2.05) is 4.31 Å². The van der Waals surface area contributed by atoms with Crippen molar-refractivity contribution < 1.29 is 17.1 Å². The third-order valence-corrected chi connectivity index (χ3v) is 0. The van der Waals surface area contributed by atoms with Gasteiger partial charge >= 0.3 is 0 Å². The fourth-order valence-corrected chi connectivity index (χ4v) is 0. The third-order valence-electron chi connectivity index (χ3n) is 0. The molecule has 0 aromatic rings. The van der Waals surface area contributed by atoms with Crippen LogP contribution in [0.1, 0.15) is 0 Å². The SMILES string of the molecule is S=C=S.[Fe]. The van der Waals surface area contributed by atoms with Gasteiger partial charge in [-0.15, -0.1) is 0 Å². The molecule has 0 aliphatic rings. The normalized spacial score (nSPS) is 2.00. The maximum atomic E-state index is 3.96. The second-order valence-corrected chi connectivity index (χ2v) is 0.750. The van der Waals surface area contributed by atoms with Gasteiger partial charge in [0.15, 0.2) is 0 Å². The molecule has 0 bridgehead atoms. The number of hydrogen-bond donors (Lipinski definition) is 0. The summed E-state index contributed by atoms with van der Waals surface area (Å²) in [6.45, 7) is 0. The minimum Gasteiger partial charge on any atom is -0.0148 e. The molecule has 0 aromatic carbocycles. The molecule has 4 heavy (non-hydrogen) atoms. The van der Waals surface area contributed by atoms with Crippen LogP contribution in [-0.2, 0) is 17.1 Å². The van der Waals surface area contributed by atoms with Crippen LogP contribution in [0.5, 0.6) is 0 Å². The molecular weight excluding hydrogens is 132 g/mol. The molecule has 0 saturated heterocycles. The predicted molar refractivity (Wildman–Crippen MR) is 20.2 cm³/mol. The van der Waals surface area contributed by atoms with E-state index in [-0.39, 0.29) is 17.1 Å². The van der Waals surface area contributed by atoms with Gasteiger partial charge in [0, 0.05) is 21.4 Å². The monoisotopic (exact) mass is 132 g/mol. The summed E-state index contributed by atoms with van der Waals surface area (Å²) in [4.78, 5) is 0. The van der Waals surface area contributed by atoms with E-state index in [0.29, 0.717) is 0 Å². The summed E-state index contributed by atoms with van der Waals surface area (Å²) < 4.78 is 1.92. The topological polar surface area (TPSA) is 0 Å². The maximum Gasteiger partial charge on any atom is 0.0297 e. The smallest absolute Gasteiger partial charge is 0.0148 e. The molecule has 0 spiro atoms. The third kappa shape index (κ3) is 15.2. The van der Waals surface area contributed by atoms with Crippen LogP contribution in [0.4, 0.5) is 0 Å². The minimum absolute atomic E-state index is 0. The zero-order valence-electron chi connectivity index (χ0n) is 1.67. The molecule has 0 saturated carbocycles. The van der Waals surface area contributed by atoms with Crippen molar-refractivity contribution >= 4 is 28.7 Å². The molecule has 3 heteroatoms. The Morgan fingerprint density at radius 1 is 1.25 bits per heavy atom. The van der Waals surface area contributed by atoms with Gasteiger partial charge in [0.05, 0.1) is 0 Å². The molecule has 0 fully saturated rings. The molecule has 0 nitrogen and oxygen atoms in total. The second-order valence-electron chi connectivity index (χ2n) is 0.0833. The zero-order valence-corrected chi connectivity index (χ0v) is 4.41. The molecule has 0 aliphatic heterocycles. The molecule has 0 aromatic heterocycles. The molecule has 0 heterocycles. The minimum atomic E-state index is 0. The zero-order chi connectivity index (χ0) is 2.71. The Morgan fingerprint density at radius 2 is 1.25 bits per heavy atom. The summed E-state index contributed by atoms with van der Waals surface area (Å²) in [5, 5.41) is 0. The molecular formula is CFeS2. The standard InChI is InChI=1S/CS2.Fe/c2-1-3;. The van der Waals surface area contributed by atoms with Crippen molar-refractivity contribution in [1.82, 2.24) is 0 Å². The molecule has 0 atom stereocenters. The van der Waals surface area contributed by atoms with E-state index < -0.39 is 0 Å². The van der Waals surface area contributed by atoms with E-state index in [0.717, 1.165) is 0 Å². The van der Waals surface area contributed by atoms with E-state index in [9.17, 15) is 0 Å². The van der Waals surface area contributed by atoms with Gasteiger partial charge in [-0.3, -0.25) is 0 Å². The summed E-state index contributed by atoms with van der Waals surface area (Å²) >= 11 is 7.92. The second kappa shape index (κ2) is 9.27. The molecule has 0 radical (unpaired) electrons. The van der Waals surface area contributed by atoms with Crippen molar-refractivity contribution in [3.63, 3.8) is 0 Å². The molecule has 0 aliphatic carbocycles. The van der Waals surface area contributed by atoms with Crippen LogP contribution in [0.25, 0.3) is 0 Å². The summed E-state index contributed by atoms with van der Waals surface area (Å²) in [7, 11) is 0. The summed E-state index contributed by atoms with van der Waals surface area (Å²) in [6.07, 6.45) is 0. The predicted octanol–water partition coefficient (Wildman–Crippen LogP) is 1.02. The molecule has 0 N–H and O–H groups in total. The summed E-state index contributed by atoms with van der Waals surface area (Å²) in [5.41, 5.74) is 0. The molecule has 0 unspecified atom stereocenters. The van der Waals surface area contributed by atoms with Crippen molar-refractivity contribution in [2.24, 2.45) is 0 Å². The summed E-state index contributed by atoms with van der Waals surface area (Å²) in [5.74, 6) is 0. The molecule has 24 valence electrons. The van der Waals surface area contributed by atoms with Gasteiger partial charge in [0.2, 0.25) is 0 Å². The van der Waals surface area contributed by atoms with Gasteiger partial charge in [-0.05, 0) is 24.4 Å². The van der Waals surface area contributed by atoms with Crippen LogP contribution in [0, 0.1) is 0 Å². The number of rotatable bonds is 0. The Morgan fingerprint density at radius 3 is 1.25 bits per heavy atom. The van der Waals surface area contributed by atoms with Crippen molar-refractivity contribution in [3.8, 4) is 0 Å². The van der Waals surface area contributed by atoms with E-state index in [2.05, 4.69) is 24.4 Å². The number of hydrogen-bond acceptors (Lipinski definition) is 2. The molecule has 0 rings (SSSR count). The maximum absolute atomic E-state index is 3.96. The first kappa shape index (κ1) is 8.83. The fraction of sp³-hybridized carbons (Fsp3) is 0. The largest absolute Gasteiger partial charge is 0.0297 e. The number of thiocarbonyl (C=S) groups is 2. The van der Waals surface area contributed by atoms with Crippen LogP contribution >= 0.6 is 24.4 Å². The van der Waals surface area contributed by atoms with Gasteiger partial charge < -0.3 is 0 Å². The Kier molecular flexibility index (Phi) is 20.5. The van der Waals surface area contributed by atoms with Crippen LogP contribution in [0.2, 0.25) is 0 Å². The van der Waals surface area contributed by atoms with Crippen molar-refractivity contribution in [1.29, 1.82) is 0 Å². The van der Waals surface area contributed by atoms with Gasteiger partial charge in [-0.1, -0.05) is 0 Å². The Bertz CT molecular complexity index is 27.0. The first-order valence-corrected chi connectivity index (χ1v) is 1.22. The average molecular weight is 132 g/mol. The summed E-state index contributed by atoms with van der Waals surface area (Å²) in [6, 6.07) is 0. The van der Waals surface area contributed by atoms with Crippen LogP contribution in [-0.4, -0.2) is 4.31 Å². The van der Waals surface area contributed by atoms with E-state index in [4.69, 9.17) is 0 Å². The fourth-order valence-electron chi connectivity index (χ4n) is 0. The Balaban J connectivity index is 0. The van der Waals surface area contributed by atoms with Crippen molar-refractivity contribution in [2.45, 2.75) is 0 Å². The quantitative estimate of drug-likeness (QED) is 0.356. The van der Waals surface area contributed by atoms with Gasteiger partial charge in [0.1, 0.15) is 0 Å². The van der Waals surface area contributed by atoms with Crippen LogP contribution in [0.15, 0.2) is 0 Å². The van der Waals surface area contributed by atoms with Gasteiger partial charge in [0.25, 0.3) is 0 Å². The first-order valence-electron chi connectivity index (χ1n) is 0.408. The van der Waals surface area contributed by atoms with E-state index in [1.165, 1.54) is 0 Å². The van der Waals surface area contributed by atoms with E-state index >= 15 is 0 Å². The Labute approximate surface area is 46.1 Å². The van der Waals surface area contributed by atoms with Gasteiger partial charge in [-0.2, -0.15) is 0 Å². The molecule has 0 amide bonds. The van der Waals surface area contributed by atoms with Crippen molar-refractivity contribution in [3.05, 3.63) is 0 Å². The van der Waals surface area contributed by atoms with Crippen LogP contribution < -0.4 is 0 Å².